The fourth-order valence-electron chi connectivity index (χ4n) is 2.32. The molecule has 0 aliphatic heterocycles. The minimum Gasteiger partial charge on any atom is -0.491 e. The lowest BCUT2D eigenvalue weighted by molar-refractivity contribution is 0.0725. The highest BCUT2D eigenvalue weighted by molar-refractivity contribution is 5.91. The third-order valence-corrected chi connectivity index (χ3v) is 3.64. The number of carbonyl (C=O) groups is 1. The third kappa shape index (κ3) is 5.32. The molecule has 0 aliphatic rings. The van der Waals surface area contributed by atoms with Crippen LogP contribution in [-0.4, -0.2) is 12.6 Å². The Labute approximate surface area is 154 Å². The van der Waals surface area contributed by atoms with Crippen LogP contribution in [0, 0.1) is 17.5 Å². The molecule has 3 nitrogen and oxygen atoms in total. The molecule has 0 atom stereocenters. The maximum absolute atomic E-state index is 14.1. The molecule has 2 rings (SSSR count). The van der Waals surface area contributed by atoms with Crippen molar-refractivity contribution in [3.8, 4) is 11.5 Å². The van der Waals surface area contributed by atoms with Crippen LogP contribution in [0.2, 0.25) is 0 Å². The summed E-state index contributed by atoms with van der Waals surface area (Å²) in [5, 5.41) is 0. The minimum absolute atomic E-state index is 0.141. The molecule has 0 saturated heterocycles. The van der Waals surface area contributed by atoms with Crippen LogP contribution in [0.4, 0.5) is 17.6 Å². The van der Waals surface area contributed by atoms with Gasteiger partial charge in [0.25, 0.3) is 0 Å². The van der Waals surface area contributed by atoms with Gasteiger partial charge in [-0.3, -0.25) is 0 Å². The lowest BCUT2D eigenvalue weighted by atomic mass is 10.1. The number of rotatable bonds is 7. The van der Waals surface area contributed by atoms with Crippen LogP contribution in [0.3, 0.4) is 0 Å². The Hall–Kier alpha value is -2.83. The largest absolute Gasteiger partial charge is 0.491 e. The molecule has 0 N–H and O–H groups in total. The normalized spacial score (nSPS) is 11.4. The van der Waals surface area contributed by atoms with Gasteiger partial charge in [0.1, 0.15) is 5.82 Å². The summed E-state index contributed by atoms with van der Waals surface area (Å²) in [5.41, 5.74) is 0.129. The zero-order valence-corrected chi connectivity index (χ0v) is 14.8. The molecule has 2 aromatic carbocycles. The maximum Gasteiger partial charge on any atom is 0.343 e. The molecule has 144 valence electrons. The fraction of sp³-hybridized carbons (Fsp3) is 0.250. The number of esters is 1. The van der Waals surface area contributed by atoms with Crippen molar-refractivity contribution in [3.63, 3.8) is 0 Å². The van der Waals surface area contributed by atoms with Gasteiger partial charge in [-0.1, -0.05) is 12.1 Å². The van der Waals surface area contributed by atoms with Gasteiger partial charge in [0.2, 0.25) is 11.6 Å². The molecular weight excluding hydrogens is 364 g/mol. The number of hydrogen-bond acceptors (Lipinski definition) is 3. The zero-order valence-electron chi connectivity index (χ0n) is 14.8. The molecule has 0 heterocycles. The van der Waals surface area contributed by atoms with Crippen LogP contribution in [0.5, 0.6) is 11.5 Å². The topological polar surface area (TPSA) is 35.5 Å². The molecule has 0 bridgehead atoms. The Morgan fingerprint density at radius 3 is 2.37 bits per heavy atom. The number of ether oxygens (including phenoxy) is 2. The van der Waals surface area contributed by atoms with Crippen molar-refractivity contribution >= 4 is 5.97 Å². The van der Waals surface area contributed by atoms with E-state index in [0.717, 1.165) is 18.2 Å². The van der Waals surface area contributed by atoms with Gasteiger partial charge < -0.3 is 9.47 Å². The Kier molecular flexibility index (Phi) is 6.98. The maximum atomic E-state index is 14.1. The summed E-state index contributed by atoms with van der Waals surface area (Å²) >= 11 is 0. The summed E-state index contributed by atoms with van der Waals surface area (Å²) in [6.07, 6.45) is 1.88. The molecule has 0 saturated carbocycles. The van der Waals surface area contributed by atoms with Gasteiger partial charge in [0.05, 0.1) is 18.0 Å². The van der Waals surface area contributed by atoms with Crippen molar-refractivity contribution in [2.75, 3.05) is 6.61 Å². The lowest BCUT2D eigenvalue weighted by Gasteiger charge is -2.10. The predicted octanol–water partition coefficient (Wildman–Crippen LogP) is 5.53. The van der Waals surface area contributed by atoms with E-state index < -0.39 is 29.2 Å². The number of aryl methyl sites for hydroxylation is 1. The van der Waals surface area contributed by atoms with Gasteiger partial charge in [-0.25, -0.2) is 13.6 Å². The van der Waals surface area contributed by atoms with Crippen LogP contribution in [-0.2, 0) is 6.42 Å². The van der Waals surface area contributed by atoms with E-state index in [-0.39, 0.29) is 30.2 Å². The predicted molar refractivity (Wildman–Crippen MR) is 92.1 cm³/mol. The summed E-state index contributed by atoms with van der Waals surface area (Å²) in [6, 6.07) is 5.79. The summed E-state index contributed by atoms with van der Waals surface area (Å²) in [6.45, 7) is 3.04. The Morgan fingerprint density at radius 1 is 1.07 bits per heavy atom. The highest BCUT2D eigenvalue weighted by Gasteiger charge is 2.19. The SMILES string of the molecule is CCOc1ccc(OC(=O)c2ccc(CCC=C(C)F)c(F)c2)c(F)c1F. The summed E-state index contributed by atoms with van der Waals surface area (Å²) in [7, 11) is 0. The molecule has 7 heteroatoms. The van der Waals surface area contributed by atoms with Crippen LogP contribution in [0.15, 0.2) is 42.2 Å². The summed E-state index contributed by atoms with van der Waals surface area (Å²) in [4.78, 5) is 12.1. The van der Waals surface area contributed by atoms with Gasteiger partial charge in [-0.05, 0) is 56.5 Å². The number of carbonyl (C=O) groups excluding carboxylic acids is 1. The second-order valence-corrected chi connectivity index (χ2v) is 5.65. The molecule has 0 spiro atoms. The number of allylic oxidation sites excluding steroid dienone is 2. The minimum atomic E-state index is -1.38. The summed E-state index contributed by atoms with van der Waals surface area (Å²) in [5.74, 6) is -5.66. The first-order valence-corrected chi connectivity index (χ1v) is 8.27. The first-order chi connectivity index (χ1) is 12.8. The van der Waals surface area contributed by atoms with Gasteiger partial charge in [0.15, 0.2) is 11.5 Å². The van der Waals surface area contributed by atoms with E-state index in [0.29, 0.717) is 12.0 Å². The molecule has 0 fully saturated rings. The quantitative estimate of drug-likeness (QED) is 0.359. The monoisotopic (exact) mass is 382 g/mol. The molecule has 2 aromatic rings. The average Bonchev–Trinajstić information content (AvgIpc) is 2.62. The van der Waals surface area contributed by atoms with Gasteiger partial charge >= 0.3 is 5.97 Å². The Bertz CT molecular complexity index is 859. The zero-order chi connectivity index (χ0) is 20.0. The molecular formula is C20H18F4O3. The van der Waals surface area contributed by atoms with E-state index in [4.69, 9.17) is 9.47 Å². The van der Waals surface area contributed by atoms with E-state index in [2.05, 4.69) is 0 Å². The van der Waals surface area contributed by atoms with Gasteiger partial charge in [0, 0.05) is 0 Å². The van der Waals surface area contributed by atoms with Gasteiger partial charge in [-0.15, -0.1) is 0 Å². The van der Waals surface area contributed by atoms with Gasteiger partial charge in [-0.2, -0.15) is 8.78 Å². The van der Waals surface area contributed by atoms with Crippen LogP contribution in [0.1, 0.15) is 36.2 Å². The number of benzene rings is 2. The Morgan fingerprint density at radius 2 is 1.74 bits per heavy atom. The summed E-state index contributed by atoms with van der Waals surface area (Å²) < 4.78 is 64.2. The van der Waals surface area contributed by atoms with Crippen LogP contribution < -0.4 is 9.47 Å². The van der Waals surface area contributed by atoms with Crippen molar-refractivity contribution in [3.05, 3.63) is 70.8 Å². The van der Waals surface area contributed by atoms with E-state index >= 15 is 0 Å². The van der Waals surface area contributed by atoms with E-state index in [9.17, 15) is 22.4 Å². The number of hydrogen-bond donors (Lipinski definition) is 0. The third-order valence-electron chi connectivity index (χ3n) is 3.64. The molecule has 0 aliphatic carbocycles. The molecule has 0 radical (unpaired) electrons. The van der Waals surface area contributed by atoms with Crippen molar-refractivity contribution in [2.24, 2.45) is 0 Å². The van der Waals surface area contributed by atoms with E-state index in [1.165, 1.54) is 25.1 Å². The molecule has 0 aromatic heterocycles. The fourth-order valence-corrected chi connectivity index (χ4v) is 2.32. The first-order valence-electron chi connectivity index (χ1n) is 8.27. The van der Waals surface area contributed by atoms with Crippen LogP contribution >= 0.6 is 0 Å². The average molecular weight is 382 g/mol. The standard InChI is InChI=1S/C20H18F4O3/c1-3-26-16-9-10-17(19(24)18(16)23)27-20(25)14-8-7-13(15(22)11-14)6-4-5-12(2)21/h5,7-11H,3-4,6H2,1-2H3. The highest BCUT2D eigenvalue weighted by atomic mass is 19.2. The lowest BCUT2D eigenvalue weighted by Crippen LogP contribution is -2.11. The second kappa shape index (κ2) is 9.21. The van der Waals surface area contributed by atoms with Crippen molar-refractivity contribution in [2.45, 2.75) is 26.7 Å². The smallest absolute Gasteiger partial charge is 0.343 e. The van der Waals surface area contributed by atoms with E-state index in [1.807, 2.05) is 0 Å². The first kappa shape index (κ1) is 20.5. The molecule has 0 amide bonds. The second-order valence-electron chi connectivity index (χ2n) is 5.65. The van der Waals surface area contributed by atoms with Crippen molar-refractivity contribution in [1.82, 2.24) is 0 Å². The van der Waals surface area contributed by atoms with Crippen LogP contribution in [0.25, 0.3) is 0 Å². The van der Waals surface area contributed by atoms with Crippen molar-refractivity contribution < 1.29 is 31.8 Å². The highest BCUT2D eigenvalue weighted by Crippen LogP contribution is 2.28. The molecule has 27 heavy (non-hydrogen) atoms. The number of halogens is 4. The van der Waals surface area contributed by atoms with Crippen molar-refractivity contribution in [1.29, 1.82) is 0 Å². The molecule has 0 unspecified atom stereocenters. The van der Waals surface area contributed by atoms with E-state index in [1.54, 1.807) is 6.92 Å². The Balaban J connectivity index is 2.13.